The van der Waals surface area contributed by atoms with E-state index in [0.29, 0.717) is 0 Å². The summed E-state index contributed by atoms with van der Waals surface area (Å²) in [5, 5.41) is 0. The van der Waals surface area contributed by atoms with Crippen LogP contribution in [0.4, 0.5) is 0 Å². The second-order valence-electron chi connectivity index (χ2n) is 2.77. The summed E-state index contributed by atoms with van der Waals surface area (Å²) in [6.45, 7) is 3.85. The number of hydrogen-bond acceptors (Lipinski definition) is 1. The first kappa shape index (κ1) is 9.66. The van der Waals surface area contributed by atoms with E-state index in [1.54, 1.807) is 0 Å². The molecule has 0 nitrogen and oxygen atoms in total. The molecule has 0 spiro atoms. The molecule has 0 bridgehead atoms. The number of thioether (sulfide) groups is 1. The number of rotatable bonds is 4. The van der Waals surface area contributed by atoms with Gasteiger partial charge in [-0.15, -0.1) is 11.8 Å². The molecule has 0 atom stereocenters. The molecule has 0 aromatic heterocycles. The van der Waals surface area contributed by atoms with E-state index in [9.17, 15) is 0 Å². The summed E-state index contributed by atoms with van der Waals surface area (Å²) < 4.78 is 0. The minimum absolute atomic E-state index is 1.03. The Morgan fingerprint density at radius 3 is 2.75 bits per heavy atom. The maximum absolute atomic E-state index is 3.85. The van der Waals surface area contributed by atoms with E-state index in [1.165, 1.54) is 23.3 Å². The van der Waals surface area contributed by atoms with Crippen LogP contribution < -0.4 is 0 Å². The lowest BCUT2D eigenvalue weighted by molar-refractivity contribution is 0.828. The quantitative estimate of drug-likeness (QED) is 0.637. The molecule has 0 N–H and O–H groups in total. The van der Waals surface area contributed by atoms with Crippen molar-refractivity contribution in [2.45, 2.75) is 24.2 Å². The highest BCUT2D eigenvalue weighted by atomic mass is 32.2. The lowest BCUT2D eigenvalue weighted by Gasteiger charge is -2.04. The van der Waals surface area contributed by atoms with Crippen LogP contribution >= 0.6 is 11.8 Å². The summed E-state index contributed by atoms with van der Waals surface area (Å²) in [5.41, 5.74) is 1.47. The van der Waals surface area contributed by atoms with Gasteiger partial charge in [-0.2, -0.15) is 0 Å². The molecule has 1 heteroatoms. The molecular weight excluding hydrogens is 164 g/mol. The number of aryl methyl sites for hydroxylation is 1. The van der Waals surface area contributed by atoms with Gasteiger partial charge in [0.1, 0.15) is 0 Å². The average molecular weight is 179 g/mol. The zero-order chi connectivity index (χ0) is 8.81. The molecule has 1 radical (unpaired) electrons. The average Bonchev–Trinajstić information content (AvgIpc) is 2.15. The maximum Gasteiger partial charge on any atom is 0.0101 e. The van der Waals surface area contributed by atoms with Gasteiger partial charge < -0.3 is 0 Å². The van der Waals surface area contributed by atoms with Crippen LogP contribution in [-0.2, 0) is 6.42 Å². The molecule has 0 fully saturated rings. The Balaban J connectivity index is 2.68. The van der Waals surface area contributed by atoms with Gasteiger partial charge in [0.15, 0.2) is 0 Å². The second kappa shape index (κ2) is 5.26. The van der Waals surface area contributed by atoms with Crippen LogP contribution in [0.3, 0.4) is 0 Å². The highest BCUT2D eigenvalue weighted by molar-refractivity contribution is 7.98. The van der Waals surface area contributed by atoms with E-state index in [4.69, 9.17) is 0 Å². The summed E-state index contributed by atoms with van der Waals surface area (Å²) in [6.07, 6.45) is 5.52. The zero-order valence-corrected chi connectivity index (χ0v) is 8.36. The van der Waals surface area contributed by atoms with Crippen LogP contribution in [0.15, 0.2) is 29.2 Å². The van der Waals surface area contributed by atoms with E-state index in [1.807, 2.05) is 11.8 Å². The Hall–Kier alpha value is -0.430. The Morgan fingerprint density at radius 2 is 2.08 bits per heavy atom. The summed E-state index contributed by atoms with van der Waals surface area (Å²) >= 11 is 1.83. The van der Waals surface area contributed by atoms with E-state index in [0.717, 1.165) is 6.42 Å². The Kier molecular flexibility index (Phi) is 4.23. The highest BCUT2D eigenvalue weighted by Gasteiger charge is 1.98. The first-order valence-corrected chi connectivity index (χ1v) is 5.52. The molecule has 1 aromatic rings. The van der Waals surface area contributed by atoms with Crippen LogP contribution in [0.25, 0.3) is 0 Å². The fourth-order valence-electron chi connectivity index (χ4n) is 1.22. The van der Waals surface area contributed by atoms with Gasteiger partial charge in [0.25, 0.3) is 0 Å². The summed E-state index contributed by atoms with van der Waals surface area (Å²) in [5.74, 6) is 0. The molecule has 1 aromatic carbocycles. The van der Waals surface area contributed by atoms with Crippen molar-refractivity contribution < 1.29 is 0 Å². The van der Waals surface area contributed by atoms with Gasteiger partial charge in [0.05, 0.1) is 0 Å². The molecule has 0 unspecified atom stereocenters. The molecule has 0 heterocycles. The first-order valence-electron chi connectivity index (χ1n) is 4.29. The van der Waals surface area contributed by atoms with Crippen molar-refractivity contribution in [3.05, 3.63) is 36.8 Å². The lowest BCUT2D eigenvalue weighted by Crippen LogP contribution is -1.87. The van der Waals surface area contributed by atoms with Crippen LogP contribution in [0.2, 0.25) is 0 Å². The molecule has 0 saturated carbocycles. The molecule has 12 heavy (non-hydrogen) atoms. The van der Waals surface area contributed by atoms with Crippen molar-refractivity contribution >= 4 is 11.8 Å². The minimum Gasteiger partial charge on any atom is -0.129 e. The third-order valence-corrected chi connectivity index (χ3v) is 2.73. The lowest BCUT2D eigenvalue weighted by atomic mass is 10.1. The van der Waals surface area contributed by atoms with Crippen molar-refractivity contribution in [1.29, 1.82) is 0 Å². The largest absolute Gasteiger partial charge is 0.129 e. The Bertz CT molecular complexity index is 230. The Morgan fingerprint density at radius 1 is 1.33 bits per heavy atom. The van der Waals surface area contributed by atoms with E-state index < -0.39 is 0 Å². The maximum atomic E-state index is 3.85. The molecule has 0 saturated heterocycles. The van der Waals surface area contributed by atoms with Crippen molar-refractivity contribution in [2.75, 3.05) is 6.26 Å². The molecule has 0 amide bonds. The van der Waals surface area contributed by atoms with E-state index in [2.05, 4.69) is 37.4 Å². The standard InChI is InChI=1S/C11H15S/c1-3-4-7-10-8-5-6-9-11(10)12-2/h5-6,8-9H,1,3-4,7H2,2H3. The minimum atomic E-state index is 1.03. The van der Waals surface area contributed by atoms with Gasteiger partial charge >= 0.3 is 0 Å². The number of hydrogen-bond donors (Lipinski definition) is 0. The van der Waals surface area contributed by atoms with E-state index in [-0.39, 0.29) is 0 Å². The van der Waals surface area contributed by atoms with Gasteiger partial charge in [-0.1, -0.05) is 31.5 Å². The van der Waals surface area contributed by atoms with Crippen LogP contribution in [0, 0.1) is 6.92 Å². The zero-order valence-electron chi connectivity index (χ0n) is 7.55. The molecule has 1 rings (SSSR count). The van der Waals surface area contributed by atoms with Gasteiger partial charge in [-0.25, -0.2) is 0 Å². The normalized spacial score (nSPS) is 10.2. The topological polar surface area (TPSA) is 0 Å². The van der Waals surface area contributed by atoms with Crippen molar-refractivity contribution in [3.8, 4) is 0 Å². The second-order valence-corrected chi connectivity index (χ2v) is 3.62. The molecule has 0 aliphatic heterocycles. The highest BCUT2D eigenvalue weighted by Crippen LogP contribution is 2.21. The number of benzene rings is 1. The monoisotopic (exact) mass is 179 g/mol. The van der Waals surface area contributed by atoms with Crippen LogP contribution in [0.1, 0.15) is 18.4 Å². The summed E-state index contributed by atoms with van der Waals surface area (Å²) in [4.78, 5) is 1.41. The fourth-order valence-corrected chi connectivity index (χ4v) is 1.87. The van der Waals surface area contributed by atoms with Gasteiger partial charge in [0, 0.05) is 4.90 Å². The molecular formula is C11H15S. The van der Waals surface area contributed by atoms with Crippen molar-refractivity contribution in [2.24, 2.45) is 0 Å². The third-order valence-electron chi connectivity index (χ3n) is 1.89. The third kappa shape index (κ3) is 2.56. The van der Waals surface area contributed by atoms with Gasteiger partial charge in [0.2, 0.25) is 0 Å². The van der Waals surface area contributed by atoms with Gasteiger partial charge in [-0.3, -0.25) is 0 Å². The molecule has 0 aliphatic rings. The first-order chi connectivity index (χ1) is 5.88. The molecule has 0 aliphatic carbocycles. The van der Waals surface area contributed by atoms with Crippen LogP contribution in [0.5, 0.6) is 0 Å². The van der Waals surface area contributed by atoms with Crippen LogP contribution in [-0.4, -0.2) is 6.26 Å². The summed E-state index contributed by atoms with van der Waals surface area (Å²) in [7, 11) is 0. The SMILES string of the molecule is [CH2]CCCc1ccccc1SC. The smallest absolute Gasteiger partial charge is 0.0101 e. The number of unbranched alkanes of at least 4 members (excludes halogenated alkanes) is 1. The van der Waals surface area contributed by atoms with Crippen molar-refractivity contribution in [1.82, 2.24) is 0 Å². The molecule has 65 valence electrons. The predicted octanol–water partition coefficient (Wildman–Crippen LogP) is 3.57. The predicted molar refractivity (Wildman–Crippen MR) is 56.5 cm³/mol. The van der Waals surface area contributed by atoms with Gasteiger partial charge in [-0.05, 0) is 30.7 Å². The van der Waals surface area contributed by atoms with E-state index >= 15 is 0 Å². The van der Waals surface area contributed by atoms with Crippen molar-refractivity contribution in [3.63, 3.8) is 0 Å². The Labute approximate surface area is 79.4 Å². The fraction of sp³-hybridized carbons (Fsp3) is 0.364. The summed E-state index contributed by atoms with van der Waals surface area (Å²) in [6, 6.07) is 8.60.